The minimum Gasteiger partial charge on any atom is -0.507 e. The first kappa shape index (κ1) is 14.3. The molecule has 2 aliphatic rings. The molecular weight excluding hydrogens is 411 g/mol. The number of aromatic hydroxyl groups is 1. The molecule has 1 atom stereocenters. The van der Waals surface area contributed by atoms with Gasteiger partial charge >= 0.3 is 0 Å². The number of carbonyl (C=O) groups excluding carboxylic acids is 1. The second kappa shape index (κ2) is 5.42. The molecule has 0 fully saturated rings. The van der Waals surface area contributed by atoms with Crippen molar-refractivity contribution in [1.29, 1.82) is 0 Å². The molecule has 1 unspecified atom stereocenters. The quantitative estimate of drug-likeness (QED) is 0.609. The predicted octanol–water partition coefficient (Wildman–Crippen LogP) is 3.79. The number of carbonyl (C=O) groups is 1. The van der Waals surface area contributed by atoms with Crippen LogP contribution in [-0.4, -0.2) is 11.0 Å². The van der Waals surface area contributed by atoms with Gasteiger partial charge in [0, 0.05) is 4.88 Å². The smallest absolute Gasteiger partial charge is 0.256 e. The van der Waals surface area contributed by atoms with Crippen LogP contribution >= 0.6 is 33.9 Å². The van der Waals surface area contributed by atoms with Crippen molar-refractivity contribution < 1.29 is 9.90 Å². The van der Waals surface area contributed by atoms with Crippen molar-refractivity contribution >= 4 is 44.8 Å². The molecule has 1 aromatic carbocycles. The third-order valence-electron chi connectivity index (χ3n) is 4.25. The molecule has 0 spiro atoms. The Morgan fingerprint density at radius 1 is 1.23 bits per heavy atom. The fraction of sp³-hybridized carbons (Fsp3) is 0.312. The zero-order valence-corrected chi connectivity index (χ0v) is 14.8. The zero-order valence-electron chi connectivity index (χ0n) is 11.8. The molecule has 3 N–H and O–H groups in total. The molecule has 4 rings (SSSR count). The minimum absolute atomic E-state index is 0.0150. The maximum absolute atomic E-state index is 12.6. The number of hydrogen-bond acceptors (Lipinski definition) is 4. The van der Waals surface area contributed by atoms with Gasteiger partial charge in [-0.25, -0.2) is 0 Å². The molecule has 1 aliphatic carbocycles. The van der Waals surface area contributed by atoms with E-state index >= 15 is 0 Å². The van der Waals surface area contributed by atoms with Crippen molar-refractivity contribution in [2.45, 2.75) is 31.8 Å². The lowest BCUT2D eigenvalue weighted by Gasteiger charge is -2.27. The molecule has 4 nitrogen and oxygen atoms in total. The molecule has 0 bridgehead atoms. The lowest BCUT2D eigenvalue weighted by molar-refractivity contribution is 0.0935. The van der Waals surface area contributed by atoms with Crippen molar-refractivity contribution in [3.05, 3.63) is 43.3 Å². The Balaban J connectivity index is 1.71. The van der Waals surface area contributed by atoms with E-state index in [4.69, 9.17) is 0 Å². The van der Waals surface area contributed by atoms with Crippen molar-refractivity contribution in [1.82, 2.24) is 5.32 Å². The minimum atomic E-state index is -0.241. The van der Waals surface area contributed by atoms with Crippen LogP contribution in [0.2, 0.25) is 0 Å². The number of hydrogen-bond donors (Lipinski definition) is 3. The van der Waals surface area contributed by atoms with Crippen LogP contribution in [0.25, 0.3) is 0 Å². The number of nitrogens with one attached hydrogen (secondary N) is 2. The molecule has 1 aromatic heterocycles. The van der Waals surface area contributed by atoms with Gasteiger partial charge in [-0.1, -0.05) is 6.07 Å². The molecule has 2 heterocycles. The summed E-state index contributed by atoms with van der Waals surface area (Å²) in [6.07, 6.45) is 4.24. The lowest BCUT2D eigenvalue weighted by Crippen LogP contribution is -2.38. The fourth-order valence-corrected chi connectivity index (χ4v) is 5.00. The first-order chi connectivity index (χ1) is 10.6. The van der Waals surface area contributed by atoms with E-state index in [1.54, 1.807) is 17.4 Å². The summed E-state index contributed by atoms with van der Waals surface area (Å²) in [6.45, 7) is 0. The van der Waals surface area contributed by atoms with Crippen LogP contribution in [0, 0.1) is 3.57 Å². The molecular formula is C16H15IN2O2S. The van der Waals surface area contributed by atoms with E-state index in [9.17, 15) is 9.90 Å². The fourth-order valence-electron chi connectivity index (χ4n) is 3.15. The molecule has 0 saturated carbocycles. The average Bonchev–Trinajstić information content (AvgIpc) is 2.88. The van der Waals surface area contributed by atoms with Crippen LogP contribution in [-0.2, 0) is 12.8 Å². The maximum Gasteiger partial charge on any atom is 0.256 e. The van der Waals surface area contributed by atoms with Crippen molar-refractivity contribution in [2.75, 3.05) is 5.32 Å². The predicted molar refractivity (Wildman–Crippen MR) is 95.6 cm³/mol. The molecule has 6 heteroatoms. The second-order valence-corrected chi connectivity index (χ2v) is 7.94. The van der Waals surface area contributed by atoms with Gasteiger partial charge in [-0.2, -0.15) is 0 Å². The summed E-state index contributed by atoms with van der Waals surface area (Å²) in [5.74, 6) is 0.278. The van der Waals surface area contributed by atoms with E-state index in [1.165, 1.54) is 23.3 Å². The van der Waals surface area contributed by atoms with Crippen LogP contribution in [0.3, 0.4) is 0 Å². The van der Waals surface area contributed by atoms with Crippen molar-refractivity contribution in [3.8, 4) is 5.75 Å². The number of rotatable bonds is 1. The van der Waals surface area contributed by atoms with E-state index in [0.717, 1.165) is 32.5 Å². The number of thiophene rings is 1. The molecule has 0 radical (unpaired) electrons. The van der Waals surface area contributed by atoms with Gasteiger partial charge in [0.2, 0.25) is 0 Å². The number of amides is 1. The highest BCUT2D eigenvalue weighted by Crippen LogP contribution is 2.41. The van der Waals surface area contributed by atoms with Gasteiger partial charge < -0.3 is 15.7 Å². The molecule has 1 aliphatic heterocycles. The molecule has 2 aromatic rings. The largest absolute Gasteiger partial charge is 0.507 e. The Hall–Kier alpha value is -1.28. The second-order valence-electron chi connectivity index (χ2n) is 5.68. The molecule has 0 saturated heterocycles. The van der Waals surface area contributed by atoms with Crippen LogP contribution in [0.1, 0.15) is 45.4 Å². The first-order valence-corrected chi connectivity index (χ1v) is 9.23. The lowest BCUT2D eigenvalue weighted by atomic mass is 9.94. The average molecular weight is 426 g/mol. The standard InChI is InChI=1S/C16H15IN2O2S/c17-10-7-8(5-6-11(10)20)14-18-15(21)13-9-3-1-2-4-12(9)22-16(13)19-14/h5-7,14,19-20H,1-4H2,(H,18,21). The van der Waals surface area contributed by atoms with Gasteiger partial charge in [0.1, 0.15) is 16.9 Å². The van der Waals surface area contributed by atoms with E-state index in [-0.39, 0.29) is 17.8 Å². The van der Waals surface area contributed by atoms with Gasteiger partial charge in [0.15, 0.2) is 0 Å². The summed E-state index contributed by atoms with van der Waals surface area (Å²) in [6, 6.07) is 5.40. The van der Waals surface area contributed by atoms with Gasteiger partial charge in [-0.3, -0.25) is 4.79 Å². The van der Waals surface area contributed by atoms with E-state index in [2.05, 4.69) is 33.2 Å². The van der Waals surface area contributed by atoms with Gasteiger partial charge in [0.25, 0.3) is 5.91 Å². The normalized spacial score (nSPS) is 19.9. The third-order valence-corrected chi connectivity index (χ3v) is 6.34. The van der Waals surface area contributed by atoms with Gasteiger partial charge in [-0.15, -0.1) is 11.3 Å². The number of anilines is 1. The maximum atomic E-state index is 12.6. The first-order valence-electron chi connectivity index (χ1n) is 7.34. The van der Waals surface area contributed by atoms with Gasteiger partial charge in [-0.05, 0) is 71.5 Å². The number of phenolic OH excluding ortho intramolecular Hbond substituents is 1. The number of halogens is 1. The number of phenols is 1. The van der Waals surface area contributed by atoms with E-state index in [0.29, 0.717) is 0 Å². The third kappa shape index (κ3) is 2.28. The monoisotopic (exact) mass is 426 g/mol. The van der Waals surface area contributed by atoms with Crippen LogP contribution < -0.4 is 10.6 Å². The summed E-state index contributed by atoms with van der Waals surface area (Å²) in [7, 11) is 0. The SMILES string of the molecule is O=C1NC(c2ccc(O)c(I)c2)Nc2sc3c(c21)CCCC3. The summed E-state index contributed by atoms with van der Waals surface area (Å²) >= 11 is 3.82. The van der Waals surface area contributed by atoms with E-state index in [1.807, 2.05) is 12.1 Å². The Bertz CT molecular complexity index is 772. The molecule has 114 valence electrons. The Morgan fingerprint density at radius 3 is 2.86 bits per heavy atom. The van der Waals surface area contributed by atoms with Crippen molar-refractivity contribution in [2.24, 2.45) is 0 Å². The Morgan fingerprint density at radius 2 is 2.05 bits per heavy atom. The number of fused-ring (bicyclic) bond motifs is 3. The number of aryl methyl sites for hydroxylation is 1. The number of benzene rings is 1. The molecule has 1 amide bonds. The Kier molecular flexibility index (Phi) is 3.53. The Labute approximate surface area is 146 Å². The highest BCUT2D eigenvalue weighted by Gasteiger charge is 2.32. The van der Waals surface area contributed by atoms with Crippen LogP contribution in [0.4, 0.5) is 5.00 Å². The highest BCUT2D eigenvalue weighted by molar-refractivity contribution is 14.1. The summed E-state index contributed by atoms with van der Waals surface area (Å²) in [5.41, 5.74) is 3.05. The van der Waals surface area contributed by atoms with Crippen LogP contribution in [0.5, 0.6) is 5.75 Å². The van der Waals surface area contributed by atoms with Gasteiger partial charge in [0.05, 0.1) is 9.13 Å². The topological polar surface area (TPSA) is 61.4 Å². The summed E-state index contributed by atoms with van der Waals surface area (Å²) < 4.78 is 0.780. The summed E-state index contributed by atoms with van der Waals surface area (Å²) in [4.78, 5) is 13.9. The molecule has 22 heavy (non-hydrogen) atoms. The van der Waals surface area contributed by atoms with Crippen molar-refractivity contribution in [3.63, 3.8) is 0 Å². The van der Waals surface area contributed by atoms with E-state index < -0.39 is 0 Å². The zero-order chi connectivity index (χ0) is 15.3. The van der Waals surface area contributed by atoms with Crippen LogP contribution in [0.15, 0.2) is 18.2 Å². The highest BCUT2D eigenvalue weighted by atomic mass is 127. The summed E-state index contributed by atoms with van der Waals surface area (Å²) in [5, 5.41) is 17.1.